The monoisotopic (exact) mass is 242 g/mol. The van der Waals surface area contributed by atoms with Gasteiger partial charge in [-0.15, -0.1) is 0 Å². The summed E-state index contributed by atoms with van der Waals surface area (Å²) in [6.07, 6.45) is 0. The van der Waals surface area contributed by atoms with Gasteiger partial charge in [-0.3, -0.25) is 10.1 Å². The van der Waals surface area contributed by atoms with E-state index in [1.54, 1.807) is 6.07 Å². The van der Waals surface area contributed by atoms with Crippen LogP contribution in [0.1, 0.15) is 25.5 Å². The first-order valence-electron chi connectivity index (χ1n) is 4.95. The molecule has 1 aromatic rings. The fourth-order valence-corrected chi connectivity index (χ4v) is 1.57. The first-order valence-corrected chi connectivity index (χ1v) is 5.33. The average Bonchev–Trinajstić information content (AvgIpc) is 2.18. The molecule has 1 rings (SSSR count). The summed E-state index contributed by atoms with van der Waals surface area (Å²) >= 11 is 5.77. The number of aromatic hydroxyl groups is 1. The highest BCUT2D eigenvalue weighted by molar-refractivity contribution is 6.32. The molecule has 4 N–H and O–H groups in total. The number of primary amides is 1. The highest BCUT2D eigenvalue weighted by Gasteiger charge is 2.19. The number of phenolic OH excluding ortho intramolecular Hbond substituents is 1. The Morgan fingerprint density at radius 2 is 2.12 bits per heavy atom. The zero-order valence-corrected chi connectivity index (χ0v) is 9.95. The lowest BCUT2D eigenvalue weighted by Crippen LogP contribution is -2.37. The number of nitrogens with two attached hydrogens (primary N) is 1. The maximum Gasteiger partial charge on any atom is 0.239 e. The van der Waals surface area contributed by atoms with Gasteiger partial charge < -0.3 is 10.8 Å². The van der Waals surface area contributed by atoms with Gasteiger partial charge in [-0.1, -0.05) is 17.7 Å². The topological polar surface area (TPSA) is 75.3 Å². The van der Waals surface area contributed by atoms with E-state index >= 15 is 0 Å². The molecule has 0 saturated heterocycles. The molecule has 0 radical (unpaired) electrons. The number of hydrogen-bond acceptors (Lipinski definition) is 3. The van der Waals surface area contributed by atoms with Crippen LogP contribution in [0.15, 0.2) is 18.2 Å². The highest BCUT2D eigenvalue weighted by Crippen LogP contribution is 2.26. The molecule has 0 aliphatic carbocycles. The van der Waals surface area contributed by atoms with E-state index in [1.807, 2.05) is 13.8 Å². The van der Waals surface area contributed by atoms with Crippen molar-refractivity contribution in [3.63, 3.8) is 0 Å². The van der Waals surface area contributed by atoms with Crippen molar-refractivity contribution in [3.05, 3.63) is 28.8 Å². The zero-order chi connectivity index (χ0) is 12.3. The molecule has 4 nitrogen and oxygen atoms in total. The minimum Gasteiger partial charge on any atom is -0.506 e. The molecule has 88 valence electrons. The lowest BCUT2D eigenvalue weighted by Gasteiger charge is -2.18. The summed E-state index contributed by atoms with van der Waals surface area (Å²) in [5, 5.41) is 12.5. The Kier molecular flexibility index (Phi) is 4.15. The molecule has 0 saturated carbocycles. The lowest BCUT2D eigenvalue weighted by molar-refractivity contribution is -0.120. The van der Waals surface area contributed by atoms with Crippen molar-refractivity contribution < 1.29 is 9.90 Å². The third-order valence-electron chi connectivity index (χ3n) is 2.09. The quantitative estimate of drug-likeness (QED) is 0.750. The number of carbonyl (C=O) groups excluding carboxylic acids is 1. The van der Waals surface area contributed by atoms with E-state index in [2.05, 4.69) is 5.32 Å². The van der Waals surface area contributed by atoms with E-state index in [9.17, 15) is 9.90 Å². The predicted molar refractivity (Wildman–Crippen MR) is 63.3 cm³/mol. The van der Waals surface area contributed by atoms with Gasteiger partial charge >= 0.3 is 0 Å². The van der Waals surface area contributed by atoms with Crippen LogP contribution in [-0.4, -0.2) is 17.1 Å². The highest BCUT2D eigenvalue weighted by atomic mass is 35.5. The lowest BCUT2D eigenvalue weighted by atomic mass is 10.1. The molecule has 0 fully saturated rings. The number of nitrogens with one attached hydrogen (secondary N) is 1. The molecule has 16 heavy (non-hydrogen) atoms. The maximum absolute atomic E-state index is 11.3. The largest absolute Gasteiger partial charge is 0.506 e. The van der Waals surface area contributed by atoms with Crippen molar-refractivity contribution in [1.82, 2.24) is 5.32 Å². The van der Waals surface area contributed by atoms with Gasteiger partial charge in [-0.25, -0.2) is 0 Å². The maximum atomic E-state index is 11.3. The van der Waals surface area contributed by atoms with Crippen molar-refractivity contribution in [3.8, 4) is 5.75 Å². The summed E-state index contributed by atoms with van der Waals surface area (Å²) < 4.78 is 0. The number of amides is 1. The van der Waals surface area contributed by atoms with Crippen LogP contribution < -0.4 is 11.1 Å². The second kappa shape index (κ2) is 5.18. The normalized spacial score (nSPS) is 12.8. The molecule has 1 amide bonds. The number of halogens is 1. The molecule has 1 unspecified atom stereocenters. The number of phenols is 1. The standard InChI is InChI=1S/C11H15ClN2O2/c1-6(2)14-10(11(13)16)7-3-4-9(15)8(12)5-7/h3-6,10,14-15H,1-2H3,(H2,13,16). The van der Waals surface area contributed by atoms with Crippen molar-refractivity contribution in [1.29, 1.82) is 0 Å². The molecular formula is C11H15ClN2O2. The number of carbonyl (C=O) groups is 1. The second-order valence-corrected chi connectivity index (χ2v) is 4.27. The summed E-state index contributed by atoms with van der Waals surface area (Å²) in [6, 6.07) is 4.10. The van der Waals surface area contributed by atoms with Gasteiger partial charge in [0.1, 0.15) is 11.8 Å². The van der Waals surface area contributed by atoms with E-state index in [1.165, 1.54) is 12.1 Å². The zero-order valence-electron chi connectivity index (χ0n) is 9.20. The Morgan fingerprint density at radius 3 is 2.56 bits per heavy atom. The van der Waals surface area contributed by atoms with Crippen LogP contribution in [0, 0.1) is 0 Å². The molecule has 0 aliphatic heterocycles. The van der Waals surface area contributed by atoms with E-state index < -0.39 is 11.9 Å². The fourth-order valence-electron chi connectivity index (χ4n) is 1.38. The number of rotatable bonds is 4. The van der Waals surface area contributed by atoms with Crippen molar-refractivity contribution in [2.45, 2.75) is 25.9 Å². The van der Waals surface area contributed by atoms with Crippen LogP contribution in [0.4, 0.5) is 0 Å². The van der Waals surface area contributed by atoms with Gasteiger partial charge in [-0.2, -0.15) is 0 Å². The molecule has 0 spiro atoms. The van der Waals surface area contributed by atoms with E-state index in [4.69, 9.17) is 17.3 Å². The molecule has 5 heteroatoms. The summed E-state index contributed by atoms with van der Waals surface area (Å²) in [7, 11) is 0. The Bertz CT molecular complexity index is 394. The van der Waals surface area contributed by atoms with Crippen LogP contribution in [0.25, 0.3) is 0 Å². The Balaban J connectivity index is 3.01. The minimum atomic E-state index is -0.599. The average molecular weight is 243 g/mol. The van der Waals surface area contributed by atoms with E-state index in [0.717, 1.165) is 0 Å². The summed E-state index contributed by atoms with van der Waals surface area (Å²) in [5.74, 6) is -0.492. The molecular weight excluding hydrogens is 228 g/mol. The predicted octanol–water partition coefficient (Wildman–Crippen LogP) is 1.57. The van der Waals surface area contributed by atoms with Crippen LogP contribution in [-0.2, 0) is 4.79 Å². The molecule has 1 atom stereocenters. The Morgan fingerprint density at radius 1 is 1.50 bits per heavy atom. The van der Waals surface area contributed by atoms with Crippen LogP contribution in [0.2, 0.25) is 5.02 Å². The summed E-state index contributed by atoms with van der Waals surface area (Å²) in [4.78, 5) is 11.3. The van der Waals surface area contributed by atoms with Crippen LogP contribution in [0.3, 0.4) is 0 Å². The molecule has 0 aliphatic rings. The van der Waals surface area contributed by atoms with Gasteiger partial charge in [0.25, 0.3) is 0 Å². The van der Waals surface area contributed by atoms with E-state index in [0.29, 0.717) is 5.56 Å². The fraction of sp³-hybridized carbons (Fsp3) is 0.364. The third kappa shape index (κ3) is 3.12. The van der Waals surface area contributed by atoms with Gasteiger partial charge in [0, 0.05) is 6.04 Å². The molecule has 0 aromatic heterocycles. The summed E-state index contributed by atoms with van der Waals surface area (Å²) in [5.41, 5.74) is 5.94. The smallest absolute Gasteiger partial charge is 0.239 e. The summed E-state index contributed by atoms with van der Waals surface area (Å²) in [6.45, 7) is 3.83. The number of hydrogen-bond donors (Lipinski definition) is 3. The molecule has 1 aromatic carbocycles. The van der Waals surface area contributed by atoms with Crippen molar-refractivity contribution in [2.75, 3.05) is 0 Å². The Labute approximate surface area is 99.4 Å². The third-order valence-corrected chi connectivity index (χ3v) is 2.39. The minimum absolute atomic E-state index is 0.0156. The Hall–Kier alpha value is -1.26. The van der Waals surface area contributed by atoms with Crippen molar-refractivity contribution >= 4 is 17.5 Å². The van der Waals surface area contributed by atoms with Gasteiger partial charge in [0.05, 0.1) is 5.02 Å². The van der Waals surface area contributed by atoms with E-state index in [-0.39, 0.29) is 16.8 Å². The first kappa shape index (κ1) is 12.8. The van der Waals surface area contributed by atoms with Crippen LogP contribution in [0.5, 0.6) is 5.75 Å². The van der Waals surface area contributed by atoms with Gasteiger partial charge in [0.15, 0.2) is 0 Å². The van der Waals surface area contributed by atoms with Crippen molar-refractivity contribution in [2.24, 2.45) is 5.73 Å². The SMILES string of the molecule is CC(C)NC(C(N)=O)c1ccc(O)c(Cl)c1. The molecule has 0 heterocycles. The first-order chi connectivity index (χ1) is 7.41. The number of benzene rings is 1. The molecule has 0 bridgehead atoms. The van der Waals surface area contributed by atoms with Gasteiger partial charge in [-0.05, 0) is 31.5 Å². The second-order valence-electron chi connectivity index (χ2n) is 3.87. The van der Waals surface area contributed by atoms with Gasteiger partial charge in [0.2, 0.25) is 5.91 Å². The van der Waals surface area contributed by atoms with Crippen LogP contribution >= 0.6 is 11.6 Å².